The molecule has 0 atom stereocenters. The summed E-state index contributed by atoms with van der Waals surface area (Å²) in [5.41, 5.74) is 0.163. The fourth-order valence-electron chi connectivity index (χ4n) is 0.496. The lowest BCUT2D eigenvalue weighted by Crippen LogP contribution is -2.33. The van der Waals surface area contributed by atoms with Gasteiger partial charge >= 0.3 is 0 Å². The number of allylic oxidation sites excluding steroid dienone is 1. The molecule has 0 aromatic heterocycles. The summed E-state index contributed by atoms with van der Waals surface area (Å²) in [6, 6.07) is 0. The van der Waals surface area contributed by atoms with Crippen LogP contribution in [0.1, 0.15) is 27.2 Å². The second kappa shape index (κ2) is 3.67. The van der Waals surface area contributed by atoms with Crippen LogP contribution in [0.15, 0.2) is 12.2 Å². The minimum Gasteiger partial charge on any atom is -0.311 e. The van der Waals surface area contributed by atoms with Crippen molar-refractivity contribution in [3.63, 3.8) is 0 Å². The van der Waals surface area contributed by atoms with Gasteiger partial charge in [-0.1, -0.05) is 19.1 Å². The van der Waals surface area contributed by atoms with Crippen LogP contribution in [0.4, 0.5) is 0 Å². The third-order valence-corrected chi connectivity index (χ3v) is 1.41. The average Bonchev–Trinajstić information content (AvgIpc) is 1.84. The molecular formula is C8H17N. The lowest BCUT2D eigenvalue weighted by molar-refractivity contribution is 0.526. The highest BCUT2D eigenvalue weighted by molar-refractivity contribution is 4.99. The maximum absolute atomic E-state index is 3.19. The Labute approximate surface area is 58.2 Å². The van der Waals surface area contributed by atoms with Gasteiger partial charge in [-0.15, -0.1) is 0 Å². The fourth-order valence-corrected chi connectivity index (χ4v) is 0.496. The van der Waals surface area contributed by atoms with Crippen LogP contribution in [0.25, 0.3) is 0 Å². The molecule has 1 heteroatoms. The van der Waals surface area contributed by atoms with E-state index in [0.717, 1.165) is 6.42 Å². The minimum absolute atomic E-state index is 0.163. The molecular weight excluding hydrogens is 110 g/mol. The Morgan fingerprint density at radius 1 is 1.44 bits per heavy atom. The molecule has 0 amide bonds. The first-order chi connectivity index (χ1) is 4.12. The molecule has 0 heterocycles. The summed E-state index contributed by atoms with van der Waals surface area (Å²) >= 11 is 0. The van der Waals surface area contributed by atoms with Crippen LogP contribution in [0, 0.1) is 0 Å². The van der Waals surface area contributed by atoms with E-state index in [-0.39, 0.29) is 5.54 Å². The molecule has 0 saturated heterocycles. The second-order valence-corrected chi connectivity index (χ2v) is 2.78. The van der Waals surface area contributed by atoms with Crippen LogP contribution < -0.4 is 5.32 Å². The van der Waals surface area contributed by atoms with Gasteiger partial charge in [0, 0.05) is 5.54 Å². The summed E-state index contributed by atoms with van der Waals surface area (Å²) < 4.78 is 0. The second-order valence-electron chi connectivity index (χ2n) is 2.78. The predicted molar refractivity (Wildman–Crippen MR) is 42.6 cm³/mol. The topological polar surface area (TPSA) is 12.0 Å². The lowest BCUT2D eigenvalue weighted by Gasteiger charge is -2.18. The van der Waals surface area contributed by atoms with Crippen molar-refractivity contribution in [1.29, 1.82) is 0 Å². The van der Waals surface area contributed by atoms with Crippen molar-refractivity contribution in [3.8, 4) is 0 Å². The van der Waals surface area contributed by atoms with E-state index in [0.29, 0.717) is 0 Å². The van der Waals surface area contributed by atoms with Crippen molar-refractivity contribution in [2.24, 2.45) is 0 Å². The molecule has 0 aromatic carbocycles. The van der Waals surface area contributed by atoms with Crippen molar-refractivity contribution in [2.45, 2.75) is 32.7 Å². The Kier molecular flexibility index (Phi) is 3.55. The van der Waals surface area contributed by atoms with E-state index in [1.54, 1.807) is 0 Å². The first-order valence-electron chi connectivity index (χ1n) is 3.49. The number of hydrogen-bond donors (Lipinski definition) is 1. The van der Waals surface area contributed by atoms with Crippen molar-refractivity contribution in [2.75, 3.05) is 7.05 Å². The third-order valence-electron chi connectivity index (χ3n) is 1.41. The normalized spacial score (nSPS) is 12.9. The molecule has 0 saturated carbocycles. The minimum atomic E-state index is 0.163. The van der Waals surface area contributed by atoms with Crippen LogP contribution in [0.3, 0.4) is 0 Å². The summed E-state index contributed by atoms with van der Waals surface area (Å²) in [6.07, 6.45) is 5.48. The van der Waals surface area contributed by atoms with E-state index in [1.165, 1.54) is 0 Å². The van der Waals surface area contributed by atoms with Gasteiger partial charge in [0.25, 0.3) is 0 Å². The smallest absolute Gasteiger partial charge is 0.0304 e. The van der Waals surface area contributed by atoms with E-state index in [4.69, 9.17) is 0 Å². The predicted octanol–water partition coefficient (Wildman–Crippen LogP) is 1.95. The van der Waals surface area contributed by atoms with E-state index in [1.807, 2.05) is 7.05 Å². The lowest BCUT2D eigenvalue weighted by atomic mass is 10.1. The van der Waals surface area contributed by atoms with Crippen LogP contribution in [0.5, 0.6) is 0 Å². The highest BCUT2D eigenvalue weighted by Crippen LogP contribution is 2.02. The monoisotopic (exact) mass is 127 g/mol. The van der Waals surface area contributed by atoms with Gasteiger partial charge in [-0.2, -0.15) is 0 Å². The molecule has 0 spiro atoms. The molecule has 0 unspecified atom stereocenters. The molecule has 54 valence electrons. The van der Waals surface area contributed by atoms with E-state index in [2.05, 4.69) is 38.2 Å². The Balaban J connectivity index is 3.70. The van der Waals surface area contributed by atoms with E-state index >= 15 is 0 Å². The molecule has 9 heavy (non-hydrogen) atoms. The third kappa shape index (κ3) is 4.22. The molecule has 0 radical (unpaired) electrons. The molecule has 1 nitrogen and oxygen atoms in total. The maximum Gasteiger partial charge on any atom is 0.0304 e. The Bertz CT molecular complexity index is 92.7. The molecule has 0 bridgehead atoms. The number of rotatable bonds is 3. The molecule has 1 N–H and O–H groups in total. The zero-order valence-corrected chi connectivity index (χ0v) is 6.86. The van der Waals surface area contributed by atoms with Crippen molar-refractivity contribution < 1.29 is 0 Å². The zero-order chi connectivity index (χ0) is 7.33. The van der Waals surface area contributed by atoms with Gasteiger partial charge in [-0.05, 0) is 27.3 Å². The van der Waals surface area contributed by atoms with Crippen molar-refractivity contribution >= 4 is 0 Å². The zero-order valence-electron chi connectivity index (χ0n) is 6.86. The van der Waals surface area contributed by atoms with Gasteiger partial charge in [0.05, 0.1) is 0 Å². The van der Waals surface area contributed by atoms with Gasteiger partial charge in [0.15, 0.2) is 0 Å². The van der Waals surface area contributed by atoms with Gasteiger partial charge in [-0.3, -0.25) is 0 Å². The van der Waals surface area contributed by atoms with Crippen molar-refractivity contribution in [3.05, 3.63) is 12.2 Å². The Morgan fingerprint density at radius 3 is 2.33 bits per heavy atom. The van der Waals surface area contributed by atoms with Crippen LogP contribution in [-0.2, 0) is 0 Å². The average molecular weight is 127 g/mol. The van der Waals surface area contributed by atoms with Gasteiger partial charge < -0.3 is 5.32 Å². The summed E-state index contributed by atoms with van der Waals surface area (Å²) in [4.78, 5) is 0. The summed E-state index contributed by atoms with van der Waals surface area (Å²) in [6.45, 7) is 6.44. The van der Waals surface area contributed by atoms with E-state index < -0.39 is 0 Å². The molecule has 0 aliphatic rings. The van der Waals surface area contributed by atoms with Crippen LogP contribution >= 0.6 is 0 Å². The first kappa shape index (κ1) is 8.70. The molecule has 0 aliphatic heterocycles. The standard InChI is InChI=1S/C8H17N/c1-5-6-7-8(2,3)9-4/h6-7,9H,5H2,1-4H3/b7-6+. The summed E-state index contributed by atoms with van der Waals surface area (Å²) in [5.74, 6) is 0. The fraction of sp³-hybridized carbons (Fsp3) is 0.750. The van der Waals surface area contributed by atoms with Crippen LogP contribution in [0.2, 0.25) is 0 Å². The van der Waals surface area contributed by atoms with Crippen LogP contribution in [-0.4, -0.2) is 12.6 Å². The summed E-state index contributed by atoms with van der Waals surface area (Å²) in [5, 5.41) is 3.19. The number of hydrogen-bond acceptors (Lipinski definition) is 1. The van der Waals surface area contributed by atoms with Gasteiger partial charge in [0.1, 0.15) is 0 Å². The first-order valence-corrected chi connectivity index (χ1v) is 3.49. The molecule has 0 aliphatic carbocycles. The van der Waals surface area contributed by atoms with E-state index in [9.17, 15) is 0 Å². The molecule has 0 rings (SSSR count). The highest BCUT2D eigenvalue weighted by Gasteiger charge is 2.07. The molecule has 0 aromatic rings. The number of nitrogens with one attached hydrogen (secondary N) is 1. The van der Waals surface area contributed by atoms with Gasteiger partial charge in [-0.25, -0.2) is 0 Å². The largest absolute Gasteiger partial charge is 0.311 e. The highest BCUT2D eigenvalue weighted by atomic mass is 14.9. The van der Waals surface area contributed by atoms with Crippen molar-refractivity contribution in [1.82, 2.24) is 5.32 Å². The maximum atomic E-state index is 3.19. The summed E-state index contributed by atoms with van der Waals surface area (Å²) in [7, 11) is 1.97. The SMILES string of the molecule is CC/C=C/C(C)(C)NC. The Hall–Kier alpha value is -0.300. The Morgan fingerprint density at radius 2 is 2.00 bits per heavy atom. The number of likely N-dealkylation sites (N-methyl/N-ethyl adjacent to an activating group) is 1. The molecule has 0 fully saturated rings. The van der Waals surface area contributed by atoms with Gasteiger partial charge in [0.2, 0.25) is 0 Å². The quantitative estimate of drug-likeness (QED) is 0.571.